The molecule has 1 N–H and O–H groups in total. The molecule has 1 saturated heterocycles. The lowest BCUT2D eigenvalue weighted by atomic mass is 10.2. The molecule has 0 saturated carbocycles. The monoisotopic (exact) mass is 414 g/mol. The van der Waals surface area contributed by atoms with Crippen molar-refractivity contribution in [2.75, 3.05) is 13.2 Å². The van der Waals surface area contributed by atoms with E-state index in [1.807, 2.05) is 0 Å². The number of alkyl halides is 3. The minimum atomic E-state index is -4.75. The summed E-state index contributed by atoms with van der Waals surface area (Å²) in [6, 6.07) is 3.79. The first-order valence-corrected chi connectivity index (χ1v) is 8.82. The molecule has 11 heteroatoms. The summed E-state index contributed by atoms with van der Waals surface area (Å²) in [6.07, 6.45) is -1.87. The van der Waals surface area contributed by atoms with Gasteiger partial charge in [-0.2, -0.15) is 18.3 Å². The van der Waals surface area contributed by atoms with E-state index in [-0.39, 0.29) is 40.5 Å². The maximum atomic E-state index is 13.6. The van der Waals surface area contributed by atoms with Crippen molar-refractivity contribution in [3.05, 3.63) is 40.9 Å². The Kier molecular flexibility index (Phi) is 4.76. The molecule has 3 aromatic heterocycles. The number of aromatic nitrogens is 3. The summed E-state index contributed by atoms with van der Waals surface area (Å²) in [5.74, 6) is -0.562. The number of furan rings is 1. The first kappa shape index (κ1) is 18.8. The third kappa shape index (κ3) is 3.45. The van der Waals surface area contributed by atoms with Crippen molar-refractivity contribution in [3.63, 3.8) is 0 Å². The second-order valence-corrected chi connectivity index (χ2v) is 6.62. The normalized spacial score (nSPS) is 17.4. The van der Waals surface area contributed by atoms with Crippen LogP contribution >= 0.6 is 11.6 Å². The Hall–Kier alpha value is -2.59. The number of halogens is 4. The number of amides is 1. The first-order chi connectivity index (χ1) is 13.3. The maximum absolute atomic E-state index is 13.6. The van der Waals surface area contributed by atoms with Crippen LogP contribution in [0.4, 0.5) is 13.2 Å². The summed E-state index contributed by atoms with van der Waals surface area (Å²) in [7, 11) is 0. The van der Waals surface area contributed by atoms with E-state index < -0.39 is 17.8 Å². The Morgan fingerprint density at radius 2 is 2.25 bits per heavy atom. The van der Waals surface area contributed by atoms with Gasteiger partial charge >= 0.3 is 6.18 Å². The van der Waals surface area contributed by atoms with Crippen LogP contribution < -0.4 is 5.32 Å². The Balaban J connectivity index is 1.75. The summed E-state index contributed by atoms with van der Waals surface area (Å²) in [6.45, 7) is 0.838. The smallest absolute Gasteiger partial charge is 0.433 e. The number of hydrogen-bond acceptors (Lipinski definition) is 5. The van der Waals surface area contributed by atoms with Gasteiger partial charge in [0, 0.05) is 13.2 Å². The summed E-state index contributed by atoms with van der Waals surface area (Å²) in [5, 5.41) is 6.08. The van der Waals surface area contributed by atoms with E-state index in [4.69, 9.17) is 20.8 Å². The van der Waals surface area contributed by atoms with Gasteiger partial charge < -0.3 is 14.5 Å². The van der Waals surface area contributed by atoms with Crippen molar-refractivity contribution in [2.45, 2.75) is 25.1 Å². The van der Waals surface area contributed by atoms with Crippen LogP contribution in [0.25, 0.3) is 17.1 Å². The van der Waals surface area contributed by atoms with Gasteiger partial charge in [0.1, 0.15) is 10.7 Å². The lowest BCUT2D eigenvalue weighted by Gasteiger charge is -2.10. The van der Waals surface area contributed by atoms with E-state index in [0.717, 1.165) is 18.9 Å². The van der Waals surface area contributed by atoms with Gasteiger partial charge in [0.25, 0.3) is 5.91 Å². The van der Waals surface area contributed by atoms with E-state index in [1.165, 1.54) is 18.4 Å². The number of nitrogens with zero attached hydrogens (tertiary/aromatic N) is 3. The molecular formula is C17H14ClF3N4O3. The average Bonchev–Trinajstić information content (AvgIpc) is 3.40. The van der Waals surface area contributed by atoms with Crippen LogP contribution in [0.2, 0.25) is 5.02 Å². The highest BCUT2D eigenvalue weighted by Gasteiger charge is 2.37. The third-order valence-corrected chi connectivity index (χ3v) is 4.67. The standard InChI is InChI=1S/C17H14ClF3N4O3/c18-13-14(16(26)22-8-9-3-1-5-27-9)24-25-12(17(19,20)21)7-10(23-15(13)25)11-4-2-6-28-11/h2,4,6-7,9H,1,3,5,8H2,(H,22,26)/t9-/m0/s1. The Morgan fingerprint density at radius 1 is 1.43 bits per heavy atom. The van der Waals surface area contributed by atoms with Crippen molar-refractivity contribution in [1.29, 1.82) is 0 Å². The molecule has 0 spiro atoms. The van der Waals surface area contributed by atoms with E-state index in [0.29, 0.717) is 11.1 Å². The Labute approximate surface area is 161 Å². The minimum absolute atomic E-state index is 0.0714. The second kappa shape index (κ2) is 7.10. The topological polar surface area (TPSA) is 81.7 Å². The van der Waals surface area contributed by atoms with Gasteiger partial charge in [0.05, 0.1) is 12.4 Å². The van der Waals surface area contributed by atoms with Crippen molar-refractivity contribution in [1.82, 2.24) is 19.9 Å². The lowest BCUT2D eigenvalue weighted by Crippen LogP contribution is -2.32. The highest BCUT2D eigenvalue weighted by Crippen LogP contribution is 2.34. The lowest BCUT2D eigenvalue weighted by molar-refractivity contribution is -0.142. The van der Waals surface area contributed by atoms with Crippen LogP contribution in [-0.2, 0) is 10.9 Å². The number of carbonyl (C=O) groups is 1. The van der Waals surface area contributed by atoms with E-state index in [9.17, 15) is 18.0 Å². The van der Waals surface area contributed by atoms with Crippen molar-refractivity contribution < 1.29 is 27.1 Å². The van der Waals surface area contributed by atoms with Gasteiger partial charge in [-0.3, -0.25) is 4.79 Å². The molecule has 0 bridgehead atoms. The van der Waals surface area contributed by atoms with Crippen molar-refractivity contribution in [2.24, 2.45) is 0 Å². The fourth-order valence-electron chi connectivity index (χ4n) is 2.98. The van der Waals surface area contributed by atoms with E-state index in [1.54, 1.807) is 0 Å². The summed E-state index contributed by atoms with van der Waals surface area (Å²) >= 11 is 6.17. The number of fused-ring (bicyclic) bond motifs is 1. The molecule has 3 aromatic rings. The van der Waals surface area contributed by atoms with Crippen LogP contribution in [0.3, 0.4) is 0 Å². The summed E-state index contributed by atoms with van der Waals surface area (Å²) in [5.41, 5.74) is -1.82. The predicted molar refractivity (Wildman–Crippen MR) is 92.0 cm³/mol. The van der Waals surface area contributed by atoms with Crippen LogP contribution in [0.5, 0.6) is 0 Å². The fraction of sp³-hybridized carbons (Fsp3) is 0.353. The highest BCUT2D eigenvalue weighted by molar-refractivity contribution is 6.36. The quantitative estimate of drug-likeness (QED) is 0.705. The number of nitrogens with one attached hydrogen (secondary N) is 1. The van der Waals surface area contributed by atoms with Gasteiger partial charge in [-0.05, 0) is 31.0 Å². The molecular weight excluding hydrogens is 401 g/mol. The van der Waals surface area contributed by atoms with Crippen LogP contribution in [-0.4, -0.2) is 39.8 Å². The minimum Gasteiger partial charge on any atom is -0.463 e. The molecule has 1 amide bonds. The summed E-state index contributed by atoms with van der Waals surface area (Å²) < 4.78 is 51.7. The van der Waals surface area contributed by atoms with Gasteiger partial charge in [0.2, 0.25) is 0 Å². The number of hydrogen-bond donors (Lipinski definition) is 1. The van der Waals surface area contributed by atoms with E-state index >= 15 is 0 Å². The summed E-state index contributed by atoms with van der Waals surface area (Å²) in [4.78, 5) is 16.5. The van der Waals surface area contributed by atoms with Gasteiger partial charge in [-0.25, -0.2) is 9.50 Å². The van der Waals surface area contributed by atoms with E-state index in [2.05, 4.69) is 15.4 Å². The van der Waals surface area contributed by atoms with Gasteiger partial charge in [-0.1, -0.05) is 11.6 Å². The molecule has 0 radical (unpaired) electrons. The highest BCUT2D eigenvalue weighted by atomic mass is 35.5. The van der Waals surface area contributed by atoms with Gasteiger partial charge in [-0.15, -0.1) is 0 Å². The predicted octanol–water partition coefficient (Wildman–Crippen LogP) is 3.57. The molecule has 148 valence electrons. The second-order valence-electron chi connectivity index (χ2n) is 6.24. The molecule has 0 unspecified atom stereocenters. The molecule has 4 rings (SSSR count). The molecule has 0 aromatic carbocycles. The van der Waals surface area contributed by atoms with Crippen molar-refractivity contribution in [3.8, 4) is 11.5 Å². The average molecular weight is 415 g/mol. The van der Waals surface area contributed by atoms with Gasteiger partial charge in [0.15, 0.2) is 22.8 Å². The molecule has 4 heterocycles. The van der Waals surface area contributed by atoms with Crippen molar-refractivity contribution >= 4 is 23.2 Å². The molecule has 1 atom stereocenters. The Bertz CT molecular complexity index is 1010. The number of rotatable bonds is 4. The Morgan fingerprint density at radius 3 is 2.89 bits per heavy atom. The first-order valence-electron chi connectivity index (χ1n) is 8.45. The fourth-order valence-corrected chi connectivity index (χ4v) is 3.23. The SMILES string of the molecule is O=C(NC[C@@H]1CCCO1)c1nn2c(C(F)(F)F)cc(-c3ccco3)nc2c1Cl. The molecule has 1 aliphatic rings. The zero-order valence-electron chi connectivity index (χ0n) is 14.3. The molecule has 0 aliphatic carbocycles. The number of ether oxygens (including phenoxy) is 1. The zero-order valence-corrected chi connectivity index (χ0v) is 15.0. The zero-order chi connectivity index (χ0) is 19.9. The molecule has 7 nitrogen and oxygen atoms in total. The largest absolute Gasteiger partial charge is 0.463 e. The number of carbonyl (C=O) groups excluding carboxylic acids is 1. The molecule has 28 heavy (non-hydrogen) atoms. The van der Waals surface area contributed by atoms with Crippen LogP contribution in [0, 0.1) is 0 Å². The molecule has 1 aliphatic heterocycles. The maximum Gasteiger partial charge on any atom is 0.433 e. The third-order valence-electron chi connectivity index (χ3n) is 4.33. The van der Waals surface area contributed by atoms with Crippen LogP contribution in [0.1, 0.15) is 29.0 Å². The van der Waals surface area contributed by atoms with Crippen LogP contribution in [0.15, 0.2) is 28.9 Å². The molecule has 1 fully saturated rings.